The highest BCUT2D eigenvalue weighted by Crippen LogP contribution is 2.37. The third kappa shape index (κ3) is 2.35. The summed E-state index contributed by atoms with van der Waals surface area (Å²) < 4.78 is 33.1. The molecule has 3 rings (SSSR count). The van der Waals surface area contributed by atoms with Crippen LogP contribution in [0.1, 0.15) is 24.8 Å². The molecule has 1 aromatic heterocycles. The van der Waals surface area contributed by atoms with E-state index >= 15 is 0 Å². The van der Waals surface area contributed by atoms with Gasteiger partial charge in [0.1, 0.15) is 5.58 Å². The zero-order valence-electron chi connectivity index (χ0n) is 10.6. The van der Waals surface area contributed by atoms with Gasteiger partial charge in [0.15, 0.2) is 11.6 Å². The number of piperidine rings is 1. The van der Waals surface area contributed by atoms with Gasteiger partial charge in [0.2, 0.25) is 0 Å². The maximum absolute atomic E-state index is 14.1. The number of hydrogen-bond acceptors (Lipinski definition) is 2. The molecule has 1 aliphatic heterocycles. The van der Waals surface area contributed by atoms with Crippen molar-refractivity contribution in [1.29, 1.82) is 0 Å². The second kappa shape index (κ2) is 5.47. The maximum atomic E-state index is 14.1. The lowest BCUT2D eigenvalue weighted by Gasteiger charge is -2.30. The largest absolute Gasteiger partial charge is 0.464 e. The van der Waals surface area contributed by atoms with Crippen molar-refractivity contribution in [3.8, 4) is 0 Å². The normalized spacial score (nSPS) is 23.3. The van der Waals surface area contributed by atoms with Gasteiger partial charge in [-0.2, -0.15) is 0 Å². The molecule has 0 unspecified atom stereocenters. The maximum Gasteiger partial charge on any atom is 0.166 e. The lowest BCUT2D eigenvalue weighted by Crippen LogP contribution is -2.34. The van der Waals surface area contributed by atoms with Crippen molar-refractivity contribution in [2.75, 3.05) is 13.1 Å². The molecule has 1 aromatic carbocycles. The van der Waals surface area contributed by atoms with E-state index in [-0.39, 0.29) is 24.2 Å². The van der Waals surface area contributed by atoms with E-state index in [1.54, 1.807) is 6.07 Å². The second-order valence-corrected chi connectivity index (χ2v) is 5.00. The Morgan fingerprint density at radius 1 is 1.37 bits per heavy atom. The van der Waals surface area contributed by atoms with E-state index in [1.165, 1.54) is 12.3 Å². The average molecular weight is 288 g/mol. The highest BCUT2D eigenvalue weighted by Gasteiger charge is 2.29. The highest BCUT2D eigenvalue weighted by molar-refractivity contribution is 5.85. The predicted molar refractivity (Wildman–Crippen MR) is 72.8 cm³/mol. The minimum absolute atomic E-state index is 0. The van der Waals surface area contributed by atoms with Crippen molar-refractivity contribution in [3.05, 3.63) is 35.6 Å². The SMILES string of the molecule is C[C@@H]1CNCC[C@@H]1c1c(F)c(F)cc2ccoc12.Cl. The fraction of sp³-hybridized carbons (Fsp3) is 0.429. The number of hydrogen-bond donors (Lipinski definition) is 1. The van der Waals surface area contributed by atoms with Crippen molar-refractivity contribution in [3.63, 3.8) is 0 Å². The molecule has 104 valence electrons. The molecule has 0 saturated carbocycles. The molecule has 1 aliphatic rings. The zero-order valence-corrected chi connectivity index (χ0v) is 11.4. The van der Waals surface area contributed by atoms with Crippen LogP contribution in [0.4, 0.5) is 8.78 Å². The Morgan fingerprint density at radius 2 is 2.16 bits per heavy atom. The third-order valence-electron chi connectivity index (χ3n) is 3.82. The summed E-state index contributed by atoms with van der Waals surface area (Å²) in [5, 5.41) is 3.90. The molecule has 0 spiro atoms. The summed E-state index contributed by atoms with van der Waals surface area (Å²) >= 11 is 0. The Labute approximate surface area is 116 Å². The van der Waals surface area contributed by atoms with E-state index in [0.29, 0.717) is 16.5 Å². The standard InChI is InChI=1S/C14H15F2NO.ClH/c1-8-7-17-4-2-10(8)12-13(16)11(15)6-9-3-5-18-14(9)12;/h3,5-6,8,10,17H,2,4,7H2,1H3;1H/t8-,10+;/m1./s1. The van der Waals surface area contributed by atoms with Crippen molar-refractivity contribution in [1.82, 2.24) is 5.32 Å². The van der Waals surface area contributed by atoms with E-state index in [0.717, 1.165) is 19.5 Å². The van der Waals surface area contributed by atoms with E-state index < -0.39 is 11.6 Å². The van der Waals surface area contributed by atoms with E-state index in [2.05, 4.69) is 12.2 Å². The van der Waals surface area contributed by atoms with Crippen molar-refractivity contribution in [2.24, 2.45) is 5.92 Å². The Kier molecular flexibility index (Phi) is 4.11. The first-order valence-electron chi connectivity index (χ1n) is 6.24. The van der Waals surface area contributed by atoms with Crippen molar-refractivity contribution < 1.29 is 13.2 Å². The first kappa shape index (κ1) is 14.3. The summed E-state index contributed by atoms with van der Waals surface area (Å²) in [6.45, 7) is 3.70. The minimum atomic E-state index is -0.787. The van der Waals surface area contributed by atoms with Crippen LogP contribution < -0.4 is 5.32 Å². The molecule has 2 heterocycles. The second-order valence-electron chi connectivity index (χ2n) is 5.00. The Hall–Kier alpha value is -1.13. The highest BCUT2D eigenvalue weighted by atomic mass is 35.5. The molecular formula is C14H16ClF2NO. The quantitative estimate of drug-likeness (QED) is 0.862. The molecule has 0 radical (unpaired) electrons. The smallest absolute Gasteiger partial charge is 0.166 e. The molecule has 2 atom stereocenters. The molecule has 0 amide bonds. The van der Waals surface area contributed by atoms with E-state index in [1.807, 2.05) is 0 Å². The van der Waals surface area contributed by atoms with Gasteiger partial charge in [-0.25, -0.2) is 8.78 Å². The van der Waals surface area contributed by atoms with Crippen LogP contribution in [-0.2, 0) is 0 Å². The summed E-state index contributed by atoms with van der Waals surface area (Å²) in [4.78, 5) is 0. The van der Waals surface area contributed by atoms with Gasteiger partial charge in [0.25, 0.3) is 0 Å². The molecule has 0 aliphatic carbocycles. The lowest BCUT2D eigenvalue weighted by atomic mass is 9.81. The number of rotatable bonds is 1. The number of furan rings is 1. The lowest BCUT2D eigenvalue weighted by molar-refractivity contribution is 0.337. The van der Waals surface area contributed by atoms with Gasteiger partial charge in [-0.1, -0.05) is 6.92 Å². The number of benzene rings is 1. The van der Waals surface area contributed by atoms with Gasteiger partial charge >= 0.3 is 0 Å². The van der Waals surface area contributed by atoms with Crippen LogP contribution in [0.25, 0.3) is 11.0 Å². The molecule has 2 nitrogen and oxygen atoms in total. The number of fused-ring (bicyclic) bond motifs is 1. The fourth-order valence-corrected chi connectivity index (χ4v) is 2.85. The summed E-state index contributed by atoms with van der Waals surface area (Å²) in [6, 6.07) is 2.87. The molecular weight excluding hydrogens is 272 g/mol. The first-order valence-corrected chi connectivity index (χ1v) is 6.24. The van der Waals surface area contributed by atoms with Gasteiger partial charge in [0.05, 0.1) is 6.26 Å². The van der Waals surface area contributed by atoms with Crippen molar-refractivity contribution >= 4 is 23.4 Å². The summed E-state index contributed by atoms with van der Waals surface area (Å²) in [5.74, 6) is -1.26. The monoisotopic (exact) mass is 287 g/mol. The van der Waals surface area contributed by atoms with Gasteiger partial charge in [-0.3, -0.25) is 0 Å². The molecule has 1 N–H and O–H groups in total. The van der Waals surface area contributed by atoms with E-state index in [9.17, 15) is 8.78 Å². The van der Waals surface area contributed by atoms with Crippen LogP contribution in [0.3, 0.4) is 0 Å². The summed E-state index contributed by atoms with van der Waals surface area (Å²) in [6.07, 6.45) is 2.29. The van der Waals surface area contributed by atoms with Gasteiger partial charge in [-0.05, 0) is 43.5 Å². The summed E-state index contributed by atoms with van der Waals surface area (Å²) in [7, 11) is 0. The van der Waals surface area contributed by atoms with Gasteiger partial charge in [-0.15, -0.1) is 12.4 Å². The van der Waals surface area contributed by atoms with Crippen LogP contribution in [0, 0.1) is 17.6 Å². The van der Waals surface area contributed by atoms with Crippen LogP contribution >= 0.6 is 12.4 Å². The third-order valence-corrected chi connectivity index (χ3v) is 3.82. The zero-order chi connectivity index (χ0) is 12.7. The molecule has 1 saturated heterocycles. The molecule has 5 heteroatoms. The molecule has 1 fully saturated rings. The number of nitrogens with one attached hydrogen (secondary N) is 1. The van der Waals surface area contributed by atoms with Crippen LogP contribution in [0.15, 0.2) is 22.8 Å². The topological polar surface area (TPSA) is 25.2 Å². The predicted octanol–water partition coefficient (Wildman–Crippen LogP) is 3.85. The van der Waals surface area contributed by atoms with Gasteiger partial charge < -0.3 is 9.73 Å². The average Bonchev–Trinajstić information content (AvgIpc) is 2.80. The summed E-state index contributed by atoms with van der Waals surface area (Å²) in [5.41, 5.74) is 0.900. The van der Waals surface area contributed by atoms with E-state index in [4.69, 9.17) is 4.42 Å². The Morgan fingerprint density at radius 3 is 2.89 bits per heavy atom. The van der Waals surface area contributed by atoms with Crippen LogP contribution in [0.5, 0.6) is 0 Å². The molecule has 19 heavy (non-hydrogen) atoms. The molecule has 0 bridgehead atoms. The first-order chi connectivity index (χ1) is 8.68. The van der Waals surface area contributed by atoms with Crippen LogP contribution in [0.2, 0.25) is 0 Å². The minimum Gasteiger partial charge on any atom is -0.464 e. The Balaban J connectivity index is 0.00000133. The van der Waals surface area contributed by atoms with Crippen molar-refractivity contribution in [2.45, 2.75) is 19.3 Å². The molecule has 2 aromatic rings. The fourth-order valence-electron chi connectivity index (χ4n) is 2.85. The van der Waals surface area contributed by atoms with Gasteiger partial charge in [0, 0.05) is 10.9 Å². The number of halogens is 3. The van der Waals surface area contributed by atoms with Crippen LogP contribution in [-0.4, -0.2) is 13.1 Å². The Bertz CT molecular complexity index is 584.